The van der Waals surface area contributed by atoms with Gasteiger partial charge in [-0.1, -0.05) is 0 Å². The van der Waals surface area contributed by atoms with E-state index in [-0.39, 0.29) is 12.0 Å². The van der Waals surface area contributed by atoms with Gasteiger partial charge < -0.3 is 19.9 Å². The molecule has 3 aromatic heterocycles. The van der Waals surface area contributed by atoms with Gasteiger partial charge in [-0.25, -0.2) is 18.6 Å². The molecule has 10 heteroatoms. The molecular formula is C20H22F2N6O2. The first-order valence-electron chi connectivity index (χ1n) is 9.96. The molecular weight excluding hydrogens is 394 g/mol. The van der Waals surface area contributed by atoms with Crippen LogP contribution in [0.2, 0.25) is 0 Å². The van der Waals surface area contributed by atoms with Crippen molar-refractivity contribution in [1.29, 1.82) is 0 Å². The fraction of sp³-hybridized carbons (Fsp3) is 0.450. The number of carboxylic acid groups (broad SMARTS) is 1. The maximum absolute atomic E-state index is 15.4. The molecule has 0 bridgehead atoms. The van der Waals surface area contributed by atoms with Crippen LogP contribution in [0.15, 0.2) is 24.7 Å². The molecule has 1 saturated heterocycles. The molecule has 8 nitrogen and oxygen atoms in total. The number of piperazine rings is 1. The fourth-order valence-corrected chi connectivity index (χ4v) is 4.65. The molecule has 1 saturated carbocycles. The zero-order chi connectivity index (χ0) is 21.0. The van der Waals surface area contributed by atoms with Gasteiger partial charge in [0.25, 0.3) is 0 Å². The summed E-state index contributed by atoms with van der Waals surface area (Å²) in [6.07, 6.45) is 3.81. The smallest absolute Gasteiger partial charge is 0.407 e. The Balaban J connectivity index is 1.51. The molecule has 2 fully saturated rings. The quantitative estimate of drug-likeness (QED) is 0.685. The van der Waals surface area contributed by atoms with E-state index in [9.17, 15) is 14.3 Å². The second-order valence-corrected chi connectivity index (χ2v) is 8.09. The lowest BCUT2D eigenvalue weighted by atomic mass is 9.76. The van der Waals surface area contributed by atoms with Gasteiger partial charge in [0.2, 0.25) is 0 Å². The van der Waals surface area contributed by atoms with Crippen molar-refractivity contribution in [3.8, 4) is 11.3 Å². The van der Waals surface area contributed by atoms with Crippen molar-refractivity contribution in [2.24, 2.45) is 13.0 Å². The molecule has 1 atom stereocenters. The molecule has 0 radical (unpaired) electrons. The number of amides is 1. The number of halogens is 2. The first kappa shape index (κ1) is 18.8. The van der Waals surface area contributed by atoms with E-state index < -0.39 is 18.1 Å². The highest BCUT2D eigenvalue weighted by molar-refractivity contribution is 5.94. The summed E-state index contributed by atoms with van der Waals surface area (Å²) in [6.45, 7) is 1.12. The lowest BCUT2D eigenvalue weighted by molar-refractivity contribution is 0.0345. The maximum atomic E-state index is 15.4. The number of rotatable bonds is 3. The molecule has 0 unspecified atom stereocenters. The van der Waals surface area contributed by atoms with E-state index >= 15 is 4.39 Å². The lowest BCUT2D eigenvalue weighted by Gasteiger charge is -2.47. The van der Waals surface area contributed by atoms with Crippen LogP contribution in [0.25, 0.3) is 22.3 Å². The molecule has 5 rings (SSSR count). The van der Waals surface area contributed by atoms with Gasteiger partial charge in [-0.15, -0.1) is 0 Å². The van der Waals surface area contributed by atoms with Crippen molar-refractivity contribution in [3.63, 3.8) is 0 Å². The molecule has 2 aliphatic rings. The van der Waals surface area contributed by atoms with Crippen molar-refractivity contribution in [3.05, 3.63) is 30.5 Å². The van der Waals surface area contributed by atoms with Gasteiger partial charge in [0.1, 0.15) is 11.8 Å². The van der Waals surface area contributed by atoms with Crippen molar-refractivity contribution < 1.29 is 18.7 Å². The zero-order valence-corrected chi connectivity index (χ0v) is 16.4. The topological polar surface area (TPSA) is 90.3 Å². The second-order valence-electron chi connectivity index (χ2n) is 8.09. The van der Waals surface area contributed by atoms with E-state index in [4.69, 9.17) is 0 Å². The van der Waals surface area contributed by atoms with Crippen LogP contribution in [0, 0.1) is 11.7 Å². The predicted octanol–water partition coefficient (Wildman–Crippen LogP) is 3.02. The van der Waals surface area contributed by atoms with E-state index in [2.05, 4.69) is 15.1 Å². The van der Waals surface area contributed by atoms with Crippen LogP contribution < -0.4 is 4.90 Å². The molecule has 30 heavy (non-hydrogen) atoms. The number of aryl methyl sites for hydroxylation is 1. The number of aromatic nitrogens is 4. The van der Waals surface area contributed by atoms with Crippen LogP contribution in [0.1, 0.15) is 12.8 Å². The Morgan fingerprint density at radius 1 is 1.33 bits per heavy atom. The average Bonchev–Trinajstić information content (AvgIpc) is 3.28. The molecule has 0 aromatic carbocycles. The standard InChI is InChI=1S/C20H22F2N6O2/c1-26-9-12(8-24-26)18-17(22)16-14(2-3-23-19(16)25-18)27-4-5-28(20(29)30)15(10-27)11-6-13(21)7-11/h2-3,8-9,11,13,15H,4-7,10H2,1H3,(H,23,25)(H,29,30)/t11?,13?,15-/m0/s1. The van der Waals surface area contributed by atoms with Crippen molar-refractivity contribution in [1.82, 2.24) is 24.6 Å². The number of hydrogen-bond acceptors (Lipinski definition) is 4. The number of alkyl halides is 1. The minimum atomic E-state index is -0.992. The van der Waals surface area contributed by atoms with Crippen LogP contribution >= 0.6 is 0 Å². The van der Waals surface area contributed by atoms with Gasteiger partial charge >= 0.3 is 6.09 Å². The second kappa shape index (κ2) is 6.96. The Morgan fingerprint density at radius 3 is 2.80 bits per heavy atom. The molecule has 1 aliphatic carbocycles. The number of anilines is 1. The van der Waals surface area contributed by atoms with Crippen LogP contribution in [0.3, 0.4) is 0 Å². The number of pyridine rings is 1. The largest absolute Gasteiger partial charge is 0.465 e. The highest BCUT2D eigenvalue weighted by Crippen LogP contribution is 2.39. The van der Waals surface area contributed by atoms with Crippen LogP contribution in [0.4, 0.5) is 19.3 Å². The number of fused-ring (bicyclic) bond motifs is 1. The normalized spacial score (nSPS) is 24.3. The molecule has 4 heterocycles. The average molecular weight is 416 g/mol. The summed E-state index contributed by atoms with van der Waals surface area (Å²) in [4.78, 5) is 22.4. The van der Waals surface area contributed by atoms with Gasteiger partial charge in [-0.2, -0.15) is 5.10 Å². The van der Waals surface area contributed by atoms with E-state index in [1.807, 2.05) is 4.90 Å². The Bertz CT molecular complexity index is 1110. The van der Waals surface area contributed by atoms with Gasteiger partial charge in [0.05, 0.1) is 29.0 Å². The lowest BCUT2D eigenvalue weighted by Crippen LogP contribution is -2.59. The molecule has 2 N–H and O–H groups in total. The van der Waals surface area contributed by atoms with Crippen molar-refractivity contribution in [2.45, 2.75) is 25.1 Å². The van der Waals surface area contributed by atoms with Crippen LogP contribution in [-0.4, -0.2) is 67.7 Å². The highest BCUT2D eigenvalue weighted by Gasteiger charge is 2.42. The minimum absolute atomic E-state index is 0.0155. The van der Waals surface area contributed by atoms with Gasteiger partial charge in [-0.3, -0.25) is 4.68 Å². The summed E-state index contributed by atoms with van der Waals surface area (Å²) in [5.41, 5.74) is 2.03. The Kier molecular flexibility index (Phi) is 4.37. The molecule has 1 aliphatic heterocycles. The molecule has 158 valence electrons. The van der Waals surface area contributed by atoms with E-state index in [1.54, 1.807) is 36.4 Å². The van der Waals surface area contributed by atoms with Crippen molar-refractivity contribution >= 4 is 22.8 Å². The van der Waals surface area contributed by atoms with E-state index in [0.29, 0.717) is 60.5 Å². The minimum Gasteiger partial charge on any atom is -0.465 e. The van der Waals surface area contributed by atoms with Crippen LogP contribution in [0.5, 0.6) is 0 Å². The maximum Gasteiger partial charge on any atom is 0.407 e. The first-order chi connectivity index (χ1) is 14.4. The first-order valence-corrected chi connectivity index (χ1v) is 9.96. The summed E-state index contributed by atoms with van der Waals surface area (Å²) in [5, 5.41) is 14.0. The fourth-order valence-electron chi connectivity index (χ4n) is 4.65. The monoisotopic (exact) mass is 416 g/mol. The summed E-state index contributed by atoms with van der Waals surface area (Å²) in [5.74, 6) is -0.427. The van der Waals surface area contributed by atoms with Crippen LogP contribution in [-0.2, 0) is 7.05 Å². The predicted molar refractivity (Wildman–Crippen MR) is 107 cm³/mol. The number of carbonyl (C=O) groups is 1. The third-order valence-corrected chi connectivity index (χ3v) is 6.27. The van der Waals surface area contributed by atoms with E-state index in [0.717, 1.165) is 0 Å². The summed E-state index contributed by atoms with van der Waals surface area (Å²) in [6, 6.07) is 1.43. The van der Waals surface area contributed by atoms with Gasteiger partial charge in [0, 0.05) is 44.6 Å². The third kappa shape index (κ3) is 2.98. The Hall–Kier alpha value is -3.17. The van der Waals surface area contributed by atoms with Gasteiger partial charge in [0.15, 0.2) is 5.82 Å². The SMILES string of the molecule is Cn1cc(-c2[nH]c3nccc(N4CCN(C(=O)O)[C@H](C5CC(F)C5)C4)c3c2F)cn1. The number of hydrogen-bond donors (Lipinski definition) is 2. The summed E-state index contributed by atoms with van der Waals surface area (Å²) >= 11 is 0. The molecule has 0 spiro atoms. The zero-order valence-electron chi connectivity index (χ0n) is 16.4. The Morgan fingerprint density at radius 2 is 2.13 bits per heavy atom. The number of nitrogens with zero attached hydrogens (tertiary/aromatic N) is 5. The number of aromatic amines is 1. The molecule has 1 amide bonds. The van der Waals surface area contributed by atoms with Gasteiger partial charge in [-0.05, 0) is 24.8 Å². The molecule has 3 aromatic rings. The van der Waals surface area contributed by atoms with Crippen molar-refractivity contribution in [2.75, 3.05) is 24.5 Å². The number of H-pyrrole nitrogens is 1. The summed E-state index contributed by atoms with van der Waals surface area (Å²) in [7, 11) is 1.76. The Labute approximate surface area is 171 Å². The summed E-state index contributed by atoms with van der Waals surface area (Å²) < 4.78 is 30.5. The number of nitrogens with one attached hydrogen (secondary N) is 1. The van der Waals surface area contributed by atoms with E-state index in [1.165, 1.54) is 4.90 Å². The highest BCUT2D eigenvalue weighted by atomic mass is 19.1. The third-order valence-electron chi connectivity index (χ3n) is 6.27.